The first-order chi connectivity index (χ1) is 10.3. The van der Waals surface area contributed by atoms with Gasteiger partial charge in [0.2, 0.25) is 0 Å². The van der Waals surface area contributed by atoms with Crippen molar-refractivity contribution in [3.63, 3.8) is 0 Å². The van der Waals surface area contributed by atoms with Gasteiger partial charge >= 0.3 is 0 Å². The van der Waals surface area contributed by atoms with E-state index < -0.39 is 0 Å². The number of ether oxygens (including phenoxy) is 1. The van der Waals surface area contributed by atoms with Gasteiger partial charge in [-0.3, -0.25) is 0 Å². The average molecular weight is 301 g/mol. The molecule has 0 saturated heterocycles. The highest BCUT2D eigenvalue weighted by Gasteiger charge is 2.13. The van der Waals surface area contributed by atoms with Crippen molar-refractivity contribution < 1.29 is 9.15 Å². The smallest absolute Gasteiger partial charge is 0.200 e. The third-order valence-electron chi connectivity index (χ3n) is 3.10. The summed E-state index contributed by atoms with van der Waals surface area (Å²) < 4.78 is 12.4. The molecule has 0 radical (unpaired) electrons. The second-order valence-electron chi connectivity index (χ2n) is 4.48. The maximum Gasteiger partial charge on any atom is 0.200 e. The monoisotopic (exact) mass is 301 g/mol. The Morgan fingerprint density at radius 2 is 2.00 bits per heavy atom. The van der Waals surface area contributed by atoms with Gasteiger partial charge in [0.25, 0.3) is 0 Å². The van der Waals surface area contributed by atoms with E-state index in [9.17, 15) is 0 Å². The number of rotatable bonds is 5. The fourth-order valence-corrected chi connectivity index (χ4v) is 2.80. The third kappa shape index (κ3) is 2.95. The molecule has 0 unspecified atom stereocenters. The van der Waals surface area contributed by atoms with E-state index in [1.807, 2.05) is 35.9 Å². The zero-order valence-corrected chi connectivity index (χ0v) is 12.6. The Labute approximate surface area is 126 Å². The number of hydrogen-bond acceptors (Lipinski definition) is 5. The van der Waals surface area contributed by atoms with Gasteiger partial charge < -0.3 is 13.7 Å². The Kier molecular flexibility index (Phi) is 3.96. The number of benzene rings is 1. The first-order valence-corrected chi connectivity index (χ1v) is 7.45. The quantitative estimate of drug-likeness (QED) is 0.676. The van der Waals surface area contributed by atoms with Crippen LogP contribution >= 0.6 is 11.8 Å². The van der Waals surface area contributed by atoms with E-state index in [-0.39, 0.29) is 0 Å². The standard InChI is InChI=1S/C15H15N3O2S/c1-18-14(13-4-3-9-20-13)16-17-15(18)21-10-11-5-7-12(19-2)8-6-11/h3-9H,10H2,1-2H3. The van der Waals surface area contributed by atoms with Crippen LogP contribution in [0.3, 0.4) is 0 Å². The first kappa shape index (κ1) is 13.8. The normalized spacial score (nSPS) is 10.8. The highest BCUT2D eigenvalue weighted by Crippen LogP contribution is 2.25. The molecular weight excluding hydrogens is 286 g/mol. The summed E-state index contributed by atoms with van der Waals surface area (Å²) >= 11 is 1.64. The molecule has 0 aliphatic heterocycles. The van der Waals surface area contributed by atoms with Crippen LogP contribution in [0, 0.1) is 0 Å². The second kappa shape index (κ2) is 6.05. The zero-order valence-electron chi connectivity index (χ0n) is 11.8. The molecule has 3 aromatic rings. The Morgan fingerprint density at radius 1 is 1.19 bits per heavy atom. The van der Waals surface area contributed by atoms with Crippen molar-refractivity contribution in [3.05, 3.63) is 48.2 Å². The Balaban J connectivity index is 1.70. The summed E-state index contributed by atoms with van der Waals surface area (Å²) in [6.07, 6.45) is 1.63. The van der Waals surface area contributed by atoms with Gasteiger partial charge in [0.1, 0.15) is 5.75 Å². The molecule has 1 aromatic carbocycles. The van der Waals surface area contributed by atoms with E-state index in [1.54, 1.807) is 25.1 Å². The predicted molar refractivity (Wildman–Crippen MR) is 81.3 cm³/mol. The van der Waals surface area contributed by atoms with Crippen LogP contribution in [-0.4, -0.2) is 21.9 Å². The Morgan fingerprint density at radius 3 is 2.67 bits per heavy atom. The van der Waals surface area contributed by atoms with Crippen molar-refractivity contribution >= 4 is 11.8 Å². The van der Waals surface area contributed by atoms with Crippen LogP contribution in [0.15, 0.2) is 52.2 Å². The molecule has 0 atom stereocenters. The molecule has 2 aromatic heterocycles. The molecule has 0 spiro atoms. The Bertz CT molecular complexity index is 705. The molecule has 2 heterocycles. The molecule has 0 fully saturated rings. The zero-order chi connectivity index (χ0) is 14.7. The predicted octanol–water partition coefficient (Wildman–Crippen LogP) is 3.38. The lowest BCUT2D eigenvalue weighted by atomic mass is 10.2. The van der Waals surface area contributed by atoms with Crippen LogP contribution in [0.1, 0.15) is 5.56 Å². The fraction of sp³-hybridized carbons (Fsp3) is 0.200. The topological polar surface area (TPSA) is 53.1 Å². The van der Waals surface area contributed by atoms with Crippen LogP contribution < -0.4 is 4.74 Å². The van der Waals surface area contributed by atoms with Crippen molar-refractivity contribution in [1.29, 1.82) is 0 Å². The summed E-state index contributed by atoms with van der Waals surface area (Å²) in [4.78, 5) is 0. The molecule has 5 nitrogen and oxygen atoms in total. The number of thioether (sulfide) groups is 1. The lowest BCUT2D eigenvalue weighted by molar-refractivity contribution is 0.414. The summed E-state index contributed by atoms with van der Waals surface area (Å²) in [6.45, 7) is 0. The maximum absolute atomic E-state index is 5.36. The number of furan rings is 1. The van der Waals surface area contributed by atoms with Crippen LogP contribution in [0.2, 0.25) is 0 Å². The van der Waals surface area contributed by atoms with Gasteiger partial charge in [0.05, 0.1) is 13.4 Å². The van der Waals surface area contributed by atoms with Crippen LogP contribution in [0.4, 0.5) is 0 Å². The number of aromatic nitrogens is 3. The number of hydrogen-bond donors (Lipinski definition) is 0. The van der Waals surface area contributed by atoms with Crippen molar-refractivity contribution in [2.75, 3.05) is 7.11 Å². The van der Waals surface area contributed by atoms with Gasteiger partial charge in [-0.2, -0.15) is 0 Å². The van der Waals surface area contributed by atoms with Crippen molar-refractivity contribution in [2.24, 2.45) is 7.05 Å². The van der Waals surface area contributed by atoms with Crippen LogP contribution in [-0.2, 0) is 12.8 Å². The van der Waals surface area contributed by atoms with Gasteiger partial charge in [0, 0.05) is 12.8 Å². The summed E-state index contributed by atoms with van der Waals surface area (Å²) in [6, 6.07) is 11.7. The second-order valence-corrected chi connectivity index (χ2v) is 5.42. The fourth-order valence-electron chi connectivity index (χ4n) is 1.93. The van der Waals surface area contributed by atoms with Gasteiger partial charge in [-0.25, -0.2) is 0 Å². The summed E-state index contributed by atoms with van der Waals surface area (Å²) in [5, 5.41) is 9.25. The van der Waals surface area contributed by atoms with Gasteiger partial charge in [-0.1, -0.05) is 23.9 Å². The molecule has 3 rings (SSSR count). The number of nitrogens with zero attached hydrogens (tertiary/aromatic N) is 3. The van der Waals surface area contributed by atoms with Gasteiger partial charge in [-0.15, -0.1) is 10.2 Å². The maximum atomic E-state index is 5.36. The largest absolute Gasteiger partial charge is 0.497 e. The van der Waals surface area contributed by atoms with Crippen molar-refractivity contribution in [1.82, 2.24) is 14.8 Å². The molecule has 0 aliphatic carbocycles. The summed E-state index contributed by atoms with van der Waals surface area (Å²) in [5.74, 6) is 3.15. The minimum atomic E-state index is 0.723. The number of methoxy groups -OCH3 is 1. The van der Waals surface area contributed by atoms with E-state index in [2.05, 4.69) is 22.3 Å². The average Bonchev–Trinajstić information content (AvgIpc) is 3.15. The molecule has 0 saturated carbocycles. The first-order valence-electron chi connectivity index (χ1n) is 6.47. The van der Waals surface area contributed by atoms with Crippen molar-refractivity contribution in [2.45, 2.75) is 10.9 Å². The Hall–Kier alpha value is -2.21. The van der Waals surface area contributed by atoms with Gasteiger partial charge in [-0.05, 0) is 29.8 Å². The lowest BCUT2D eigenvalue weighted by Crippen LogP contribution is -1.94. The molecule has 21 heavy (non-hydrogen) atoms. The van der Waals surface area contributed by atoms with E-state index in [4.69, 9.17) is 9.15 Å². The third-order valence-corrected chi connectivity index (χ3v) is 4.19. The van der Waals surface area contributed by atoms with Crippen LogP contribution in [0.25, 0.3) is 11.6 Å². The van der Waals surface area contributed by atoms with E-state index in [1.165, 1.54) is 5.56 Å². The van der Waals surface area contributed by atoms with E-state index >= 15 is 0 Å². The molecule has 0 N–H and O–H groups in total. The lowest BCUT2D eigenvalue weighted by Gasteiger charge is -2.04. The SMILES string of the molecule is COc1ccc(CSc2nnc(-c3ccco3)n2C)cc1. The van der Waals surface area contributed by atoms with Gasteiger partial charge in [0.15, 0.2) is 16.7 Å². The van der Waals surface area contributed by atoms with E-state index in [0.717, 1.165) is 28.2 Å². The summed E-state index contributed by atoms with van der Waals surface area (Å²) in [5.41, 5.74) is 1.21. The van der Waals surface area contributed by atoms with E-state index in [0.29, 0.717) is 0 Å². The molecule has 6 heteroatoms. The van der Waals surface area contributed by atoms with Crippen LogP contribution in [0.5, 0.6) is 5.75 Å². The minimum Gasteiger partial charge on any atom is -0.497 e. The minimum absolute atomic E-state index is 0.723. The van der Waals surface area contributed by atoms with Crippen molar-refractivity contribution in [3.8, 4) is 17.3 Å². The molecule has 0 bridgehead atoms. The highest BCUT2D eigenvalue weighted by atomic mass is 32.2. The molecular formula is C15H15N3O2S. The molecule has 0 aliphatic rings. The highest BCUT2D eigenvalue weighted by molar-refractivity contribution is 7.98. The molecule has 0 amide bonds. The summed E-state index contributed by atoms with van der Waals surface area (Å²) in [7, 11) is 3.60. The molecule has 108 valence electrons.